The number of hydrogen-bond acceptors (Lipinski definition) is 3. The molecule has 0 spiro atoms. The zero-order chi connectivity index (χ0) is 7.84. The fourth-order valence-electron chi connectivity index (χ4n) is 1.07. The van der Waals surface area contributed by atoms with E-state index < -0.39 is 6.29 Å². The van der Waals surface area contributed by atoms with Crippen molar-refractivity contribution in [2.75, 3.05) is 0 Å². The van der Waals surface area contributed by atoms with Crippen LogP contribution in [0.1, 0.15) is 12.8 Å². The SMILES string of the molecule is NC1NC(=O)N=C(C2CC2)N1. The summed E-state index contributed by atoms with van der Waals surface area (Å²) in [5, 5.41) is 5.34. The molecule has 2 amide bonds. The van der Waals surface area contributed by atoms with Crippen molar-refractivity contribution in [3.8, 4) is 0 Å². The molecule has 2 aliphatic rings. The van der Waals surface area contributed by atoms with Crippen LogP contribution in [0.25, 0.3) is 0 Å². The van der Waals surface area contributed by atoms with Crippen molar-refractivity contribution in [1.29, 1.82) is 0 Å². The van der Waals surface area contributed by atoms with Gasteiger partial charge in [-0.1, -0.05) is 0 Å². The second-order valence-corrected chi connectivity index (χ2v) is 2.84. The zero-order valence-electron chi connectivity index (χ0n) is 6.00. The summed E-state index contributed by atoms with van der Waals surface area (Å²) in [7, 11) is 0. The summed E-state index contributed by atoms with van der Waals surface area (Å²) in [5.74, 6) is 1.20. The summed E-state index contributed by atoms with van der Waals surface area (Å²) < 4.78 is 0. The van der Waals surface area contributed by atoms with E-state index in [1.807, 2.05) is 0 Å². The van der Waals surface area contributed by atoms with Crippen molar-refractivity contribution in [2.24, 2.45) is 16.6 Å². The first kappa shape index (κ1) is 6.60. The molecule has 1 aliphatic carbocycles. The lowest BCUT2D eigenvalue weighted by Gasteiger charge is -2.21. The highest BCUT2D eigenvalue weighted by atomic mass is 16.2. The molecular weight excluding hydrogens is 144 g/mol. The third-order valence-electron chi connectivity index (χ3n) is 1.77. The van der Waals surface area contributed by atoms with Crippen molar-refractivity contribution < 1.29 is 4.79 Å². The molecule has 1 atom stereocenters. The second kappa shape index (κ2) is 2.20. The normalized spacial score (nSPS) is 30.5. The van der Waals surface area contributed by atoms with Crippen molar-refractivity contribution in [3.63, 3.8) is 0 Å². The minimum atomic E-state index is -0.462. The molecule has 0 saturated heterocycles. The van der Waals surface area contributed by atoms with E-state index in [9.17, 15) is 4.79 Å². The van der Waals surface area contributed by atoms with E-state index in [-0.39, 0.29) is 6.03 Å². The number of nitrogens with zero attached hydrogens (tertiary/aromatic N) is 1. The maximum Gasteiger partial charge on any atom is 0.345 e. The molecule has 1 fully saturated rings. The number of nitrogens with two attached hydrogens (primary N) is 1. The monoisotopic (exact) mass is 154 g/mol. The Morgan fingerprint density at radius 3 is 2.73 bits per heavy atom. The van der Waals surface area contributed by atoms with E-state index in [4.69, 9.17) is 5.73 Å². The predicted molar refractivity (Wildman–Crippen MR) is 39.8 cm³/mol. The third kappa shape index (κ3) is 1.32. The fraction of sp³-hybridized carbons (Fsp3) is 0.667. The largest absolute Gasteiger partial charge is 0.345 e. The van der Waals surface area contributed by atoms with Crippen LogP contribution in [-0.2, 0) is 0 Å². The van der Waals surface area contributed by atoms with Crippen LogP contribution in [0.15, 0.2) is 4.99 Å². The predicted octanol–water partition coefficient (Wildman–Crippen LogP) is -0.650. The van der Waals surface area contributed by atoms with Gasteiger partial charge < -0.3 is 10.6 Å². The Balaban J connectivity index is 2.11. The minimum Gasteiger partial charge on any atom is -0.341 e. The van der Waals surface area contributed by atoms with E-state index in [0.717, 1.165) is 18.7 Å². The van der Waals surface area contributed by atoms with Crippen molar-refractivity contribution >= 4 is 11.9 Å². The Labute approximate surface area is 64.0 Å². The number of carbonyl (C=O) groups excluding carboxylic acids is 1. The van der Waals surface area contributed by atoms with Gasteiger partial charge in [-0.3, -0.25) is 5.73 Å². The number of aliphatic imine (C=N–C) groups is 1. The number of amides is 2. The highest BCUT2D eigenvalue weighted by molar-refractivity contribution is 5.98. The third-order valence-corrected chi connectivity index (χ3v) is 1.77. The van der Waals surface area contributed by atoms with Gasteiger partial charge in [0.05, 0.1) is 0 Å². The number of amidine groups is 1. The standard InChI is InChI=1S/C6H10N4O/c7-5-8-4(3-1-2-3)9-6(11)10-5/h3,5H,1-2,7H2,(H2,8,9,10,11). The van der Waals surface area contributed by atoms with E-state index in [0.29, 0.717) is 5.92 Å². The van der Waals surface area contributed by atoms with Crippen LogP contribution in [0.5, 0.6) is 0 Å². The van der Waals surface area contributed by atoms with Gasteiger partial charge in [-0.05, 0) is 12.8 Å². The van der Waals surface area contributed by atoms with Gasteiger partial charge in [0.15, 0.2) is 6.29 Å². The number of carbonyl (C=O) groups is 1. The molecule has 0 aromatic heterocycles. The lowest BCUT2D eigenvalue weighted by atomic mass is 10.3. The Hall–Kier alpha value is -1.10. The molecule has 1 aliphatic heterocycles. The average molecular weight is 154 g/mol. The number of rotatable bonds is 1. The summed E-state index contributed by atoms with van der Waals surface area (Å²) in [4.78, 5) is 14.6. The van der Waals surface area contributed by atoms with Gasteiger partial charge in [0.2, 0.25) is 0 Å². The maximum absolute atomic E-state index is 10.8. The van der Waals surface area contributed by atoms with Crippen LogP contribution in [-0.4, -0.2) is 18.2 Å². The van der Waals surface area contributed by atoms with Crippen molar-refractivity contribution in [2.45, 2.75) is 19.1 Å². The van der Waals surface area contributed by atoms with Gasteiger partial charge in [0, 0.05) is 5.92 Å². The Bertz CT molecular complexity index is 221. The molecule has 11 heavy (non-hydrogen) atoms. The minimum absolute atomic E-state index is 0.335. The Morgan fingerprint density at radius 2 is 2.18 bits per heavy atom. The molecular formula is C6H10N4O. The molecule has 1 heterocycles. The number of hydrogen-bond donors (Lipinski definition) is 3. The van der Waals surface area contributed by atoms with E-state index in [1.54, 1.807) is 0 Å². The summed E-state index contributed by atoms with van der Waals surface area (Å²) in [6.07, 6.45) is 1.77. The molecule has 5 heteroatoms. The van der Waals surface area contributed by atoms with Gasteiger partial charge in [0.25, 0.3) is 0 Å². The van der Waals surface area contributed by atoms with Crippen LogP contribution in [0.4, 0.5) is 4.79 Å². The van der Waals surface area contributed by atoms with Crippen LogP contribution in [0, 0.1) is 5.92 Å². The highest BCUT2D eigenvalue weighted by Crippen LogP contribution is 2.30. The first-order valence-corrected chi connectivity index (χ1v) is 3.67. The van der Waals surface area contributed by atoms with Crippen molar-refractivity contribution in [1.82, 2.24) is 10.6 Å². The smallest absolute Gasteiger partial charge is 0.341 e. The molecule has 4 N–H and O–H groups in total. The first-order valence-electron chi connectivity index (χ1n) is 3.67. The van der Waals surface area contributed by atoms with Gasteiger partial charge in [-0.2, -0.15) is 4.99 Å². The van der Waals surface area contributed by atoms with Gasteiger partial charge >= 0.3 is 6.03 Å². The fourth-order valence-corrected chi connectivity index (χ4v) is 1.07. The first-order chi connectivity index (χ1) is 5.25. The summed E-state index contributed by atoms with van der Waals surface area (Å²) in [5.41, 5.74) is 5.46. The molecule has 60 valence electrons. The molecule has 0 bridgehead atoms. The van der Waals surface area contributed by atoms with Gasteiger partial charge in [0.1, 0.15) is 5.84 Å². The van der Waals surface area contributed by atoms with Gasteiger partial charge in [-0.15, -0.1) is 0 Å². The van der Waals surface area contributed by atoms with Gasteiger partial charge in [-0.25, -0.2) is 4.79 Å². The highest BCUT2D eigenvalue weighted by Gasteiger charge is 2.31. The number of nitrogens with one attached hydrogen (secondary N) is 2. The van der Waals surface area contributed by atoms with Crippen LogP contribution < -0.4 is 16.4 Å². The molecule has 0 aromatic rings. The lowest BCUT2D eigenvalue weighted by Crippen LogP contribution is -2.57. The Kier molecular flexibility index (Phi) is 1.32. The molecule has 5 nitrogen and oxygen atoms in total. The number of urea groups is 1. The van der Waals surface area contributed by atoms with Crippen LogP contribution in [0.3, 0.4) is 0 Å². The molecule has 1 unspecified atom stereocenters. The summed E-state index contributed by atoms with van der Waals surface area (Å²) in [6, 6.07) is -0.335. The lowest BCUT2D eigenvalue weighted by molar-refractivity contribution is 0.242. The maximum atomic E-state index is 10.8. The van der Waals surface area contributed by atoms with E-state index in [1.165, 1.54) is 0 Å². The Morgan fingerprint density at radius 1 is 1.45 bits per heavy atom. The van der Waals surface area contributed by atoms with E-state index in [2.05, 4.69) is 15.6 Å². The zero-order valence-corrected chi connectivity index (χ0v) is 6.00. The molecule has 2 rings (SSSR count). The van der Waals surface area contributed by atoms with Crippen molar-refractivity contribution in [3.05, 3.63) is 0 Å². The van der Waals surface area contributed by atoms with Crippen LogP contribution in [0.2, 0.25) is 0 Å². The molecule has 0 radical (unpaired) electrons. The average Bonchev–Trinajstić information content (AvgIpc) is 2.64. The topological polar surface area (TPSA) is 79.5 Å². The molecule has 0 aromatic carbocycles. The second-order valence-electron chi connectivity index (χ2n) is 2.84. The quantitative estimate of drug-likeness (QED) is 0.469. The molecule has 1 saturated carbocycles. The summed E-state index contributed by atoms with van der Waals surface area (Å²) >= 11 is 0. The van der Waals surface area contributed by atoms with E-state index >= 15 is 0 Å². The summed E-state index contributed by atoms with van der Waals surface area (Å²) in [6.45, 7) is 0. The van der Waals surface area contributed by atoms with Crippen LogP contribution >= 0.6 is 0 Å².